The molecule has 1 unspecified atom stereocenters. The van der Waals surface area contributed by atoms with Gasteiger partial charge in [-0.3, -0.25) is 18.3 Å². The van der Waals surface area contributed by atoms with E-state index in [1.165, 1.54) is 18.3 Å². The number of benzene rings is 2. The van der Waals surface area contributed by atoms with Crippen molar-refractivity contribution in [1.82, 2.24) is 9.97 Å². The number of ketones is 1. The number of anilines is 1. The van der Waals surface area contributed by atoms with Crippen molar-refractivity contribution in [1.29, 1.82) is 0 Å². The maximum absolute atomic E-state index is 15.3. The molecule has 0 aliphatic carbocycles. The minimum absolute atomic E-state index is 0.00187. The van der Waals surface area contributed by atoms with Gasteiger partial charge in [0.1, 0.15) is 15.0 Å². The Hall–Kier alpha value is -2.61. The number of fused-ring (bicyclic) bond motifs is 1. The summed E-state index contributed by atoms with van der Waals surface area (Å²) in [5, 5.41) is 0.00187. The van der Waals surface area contributed by atoms with Crippen LogP contribution in [-0.4, -0.2) is 51.0 Å². The lowest BCUT2D eigenvalue weighted by Crippen LogP contribution is -2.30. The third kappa shape index (κ3) is 6.15. The largest absolute Gasteiger partial charge is 0.755 e. The van der Waals surface area contributed by atoms with Gasteiger partial charge in [-0.05, 0) is 31.0 Å². The minimum Gasteiger partial charge on any atom is -0.755 e. The zero-order valence-corrected chi connectivity index (χ0v) is 20.5. The molecule has 14 heteroatoms. The molecule has 0 bridgehead atoms. The molecule has 1 aromatic heterocycles. The van der Waals surface area contributed by atoms with E-state index in [1.807, 2.05) is 0 Å². The number of carbonyl (C=O) groups excluding carboxylic acids is 1. The van der Waals surface area contributed by atoms with Gasteiger partial charge in [0.15, 0.2) is 23.2 Å². The summed E-state index contributed by atoms with van der Waals surface area (Å²) in [6.07, 6.45) is 1.38. The van der Waals surface area contributed by atoms with Gasteiger partial charge in [0.2, 0.25) is 0 Å². The van der Waals surface area contributed by atoms with Crippen LogP contribution in [0.2, 0.25) is 5.15 Å². The lowest BCUT2D eigenvalue weighted by Gasteiger charge is -2.27. The number of carbonyl (C=O) groups is 1. The number of nitrogens with zero attached hydrogens (tertiary/aromatic N) is 3. The Bertz CT molecular complexity index is 1420. The summed E-state index contributed by atoms with van der Waals surface area (Å²) >= 11 is 2.60. The highest BCUT2D eigenvalue weighted by Gasteiger charge is 2.28. The molecule has 8 nitrogen and oxygen atoms in total. The van der Waals surface area contributed by atoms with Gasteiger partial charge in [0.25, 0.3) is 0 Å². The second-order valence-electron chi connectivity index (χ2n) is 7.43. The molecule has 0 fully saturated rings. The Morgan fingerprint density at radius 1 is 1.14 bits per heavy atom. The monoisotopic (exact) mass is 548 g/mol. The van der Waals surface area contributed by atoms with E-state index < -0.39 is 67.9 Å². The predicted molar refractivity (Wildman–Crippen MR) is 124 cm³/mol. The van der Waals surface area contributed by atoms with Crippen molar-refractivity contribution < 1.29 is 35.1 Å². The summed E-state index contributed by atoms with van der Waals surface area (Å²) in [6.45, 7) is 1.11. The van der Waals surface area contributed by atoms with Gasteiger partial charge in [-0.2, -0.15) is 0 Å². The maximum atomic E-state index is 15.3. The number of aromatic nitrogens is 2. The van der Waals surface area contributed by atoms with E-state index in [-0.39, 0.29) is 28.4 Å². The molecule has 0 saturated carbocycles. The Morgan fingerprint density at radius 2 is 1.86 bits per heavy atom. The molecule has 2 aromatic carbocycles. The fourth-order valence-electron chi connectivity index (χ4n) is 3.36. The lowest BCUT2D eigenvalue weighted by atomic mass is 10.0. The van der Waals surface area contributed by atoms with Crippen molar-refractivity contribution in [3.05, 3.63) is 64.2 Å². The van der Waals surface area contributed by atoms with Crippen molar-refractivity contribution in [3.8, 4) is 0 Å². The number of sulfone groups is 1. The van der Waals surface area contributed by atoms with Crippen LogP contribution in [0.25, 0.3) is 11.0 Å². The van der Waals surface area contributed by atoms with Gasteiger partial charge >= 0.3 is 0 Å². The SMILES string of the molecule is CCCS(=O)(=O)CCCN(c1cc(F)c(F)c(C(=O)c2ccc3ncc(Cl)nc3c2)c1F)S(=O)[O-]. The highest BCUT2D eigenvalue weighted by Crippen LogP contribution is 2.30. The molecule has 0 saturated heterocycles. The van der Waals surface area contributed by atoms with Crippen LogP contribution < -0.4 is 4.31 Å². The van der Waals surface area contributed by atoms with E-state index in [9.17, 15) is 30.8 Å². The number of halogens is 4. The summed E-state index contributed by atoms with van der Waals surface area (Å²) in [5.74, 6) is -6.88. The zero-order valence-electron chi connectivity index (χ0n) is 18.1. The molecule has 188 valence electrons. The first-order valence-electron chi connectivity index (χ1n) is 10.2. The van der Waals surface area contributed by atoms with Crippen LogP contribution in [0.3, 0.4) is 0 Å². The summed E-state index contributed by atoms with van der Waals surface area (Å²) in [4.78, 5) is 20.9. The Labute approximate surface area is 206 Å². The normalized spacial score (nSPS) is 12.6. The zero-order chi connectivity index (χ0) is 25.9. The van der Waals surface area contributed by atoms with Gasteiger partial charge in [-0.15, -0.1) is 0 Å². The Balaban J connectivity index is 2.01. The quantitative estimate of drug-likeness (QED) is 0.215. The number of hydrogen-bond donors (Lipinski definition) is 0. The molecule has 0 aliphatic rings. The van der Waals surface area contributed by atoms with Crippen LogP contribution in [-0.2, 0) is 21.1 Å². The van der Waals surface area contributed by atoms with E-state index >= 15 is 4.39 Å². The van der Waals surface area contributed by atoms with Gasteiger partial charge in [-0.25, -0.2) is 26.6 Å². The third-order valence-electron chi connectivity index (χ3n) is 4.92. The van der Waals surface area contributed by atoms with Gasteiger partial charge in [-0.1, -0.05) is 18.5 Å². The minimum atomic E-state index is -3.47. The molecular weight excluding hydrogens is 531 g/mol. The van der Waals surface area contributed by atoms with Gasteiger partial charge < -0.3 is 4.55 Å². The second-order valence-corrected chi connectivity index (χ2v) is 11.0. The molecule has 0 radical (unpaired) electrons. The van der Waals surface area contributed by atoms with Crippen molar-refractivity contribution in [2.45, 2.75) is 19.8 Å². The van der Waals surface area contributed by atoms with Crippen LogP contribution in [0.1, 0.15) is 35.7 Å². The van der Waals surface area contributed by atoms with E-state index in [0.717, 1.165) is 6.07 Å². The first-order chi connectivity index (χ1) is 16.4. The van der Waals surface area contributed by atoms with Crippen molar-refractivity contribution >= 4 is 55.2 Å². The van der Waals surface area contributed by atoms with E-state index in [0.29, 0.717) is 22.3 Å². The van der Waals surface area contributed by atoms with Crippen LogP contribution in [0.5, 0.6) is 0 Å². The number of hydrogen-bond acceptors (Lipinski definition) is 7. The second kappa shape index (κ2) is 11.0. The maximum Gasteiger partial charge on any atom is 0.199 e. The summed E-state index contributed by atoms with van der Waals surface area (Å²) < 4.78 is 91.8. The standard InChI is InChI=1S/C21H19ClF3N3O5S2/c1-2-7-35(32,33)8-3-6-28(34(30)31)16-10-13(23)19(24)18(20(16)25)21(29)12-4-5-14-15(9-12)27-17(22)11-26-14/h4-5,9-11H,2-3,6-8H2,1H3,(H,30,31)/p-1. The molecule has 35 heavy (non-hydrogen) atoms. The summed E-state index contributed by atoms with van der Waals surface area (Å²) in [6, 6.07) is 3.99. The molecule has 0 N–H and O–H groups in total. The Kier molecular flexibility index (Phi) is 8.46. The fraction of sp³-hybridized carbons (Fsp3) is 0.286. The van der Waals surface area contributed by atoms with Crippen molar-refractivity contribution in [3.63, 3.8) is 0 Å². The molecule has 0 spiro atoms. The van der Waals surface area contributed by atoms with Crippen LogP contribution in [0.4, 0.5) is 18.9 Å². The smallest absolute Gasteiger partial charge is 0.199 e. The number of rotatable bonds is 10. The van der Waals surface area contributed by atoms with Crippen LogP contribution >= 0.6 is 11.6 Å². The third-order valence-corrected chi connectivity index (χ3v) is 7.78. The fourth-order valence-corrected chi connectivity index (χ4v) is 5.47. The van der Waals surface area contributed by atoms with Crippen molar-refractivity contribution in [2.24, 2.45) is 0 Å². The molecular formula is C21H18ClF3N3O5S2-. The Morgan fingerprint density at radius 3 is 2.51 bits per heavy atom. The average Bonchev–Trinajstić information content (AvgIpc) is 2.78. The first kappa shape index (κ1) is 27.0. The van der Waals surface area contributed by atoms with E-state index in [2.05, 4.69) is 9.97 Å². The van der Waals surface area contributed by atoms with Crippen molar-refractivity contribution in [2.75, 3.05) is 22.4 Å². The highest BCUT2D eigenvalue weighted by molar-refractivity contribution is 7.91. The topological polar surface area (TPSA) is 120 Å². The molecule has 3 aromatic rings. The van der Waals surface area contributed by atoms with Gasteiger partial charge in [0, 0.05) is 35.2 Å². The molecule has 1 heterocycles. The van der Waals surface area contributed by atoms with Crippen LogP contribution in [0, 0.1) is 17.5 Å². The molecule has 3 rings (SSSR count). The van der Waals surface area contributed by atoms with E-state index in [1.54, 1.807) is 6.92 Å². The van der Waals surface area contributed by atoms with E-state index in [4.69, 9.17) is 11.6 Å². The average molecular weight is 549 g/mol. The lowest BCUT2D eigenvalue weighted by molar-refractivity contribution is 0.103. The highest BCUT2D eigenvalue weighted by atomic mass is 35.5. The summed E-state index contributed by atoms with van der Waals surface area (Å²) in [5.41, 5.74) is -2.06. The molecule has 0 amide bonds. The predicted octanol–water partition coefficient (Wildman–Crippen LogP) is 3.75. The summed E-state index contributed by atoms with van der Waals surface area (Å²) in [7, 11) is -3.47. The first-order valence-corrected chi connectivity index (χ1v) is 13.4. The molecule has 0 aliphatic heterocycles. The van der Waals surface area contributed by atoms with Crippen LogP contribution in [0.15, 0.2) is 30.5 Å². The van der Waals surface area contributed by atoms with Gasteiger partial charge in [0.05, 0.1) is 34.2 Å². The molecule has 1 atom stereocenters.